The first-order valence-corrected chi connectivity index (χ1v) is 5.93. The summed E-state index contributed by atoms with van der Waals surface area (Å²) < 4.78 is 1.73. The van der Waals surface area contributed by atoms with Crippen molar-refractivity contribution in [3.63, 3.8) is 0 Å². The molecule has 0 aliphatic carbocycles. The quantitative estimate of drug-likeness (QED) is 0.903. The average Bonchev–Trinajstić information content (AvgIpc) is 2.76. The molecule has 1 aromatic heterocycles. The molecule has 1 N–H and O–H groups in total. The standard InChI is InChI=1S/C14H16N2O2/c1-4-12-11(14(17)18)8-15-16(12)13-7-5-6-9(2)10(13)3/h5-8H,4H2,1-3H3,(H,17,18). The van der Waals surface area contributed by atoms with Crippen LogP contribution in [-0.2, 0) is 6.42 Å². The molecule has 0 saturated heterocycles. The number of aromatic carboxylic acids is 1. The van der Waals surface area contributed by atoms with Gasteiger partial charge in [-0.15, -0.1) is 0 Å². The van der Waals surface area contributed by atoms with Gasteiger partial charge in [-0.1, -0.05) is 19.1 Å². The lowest BCUT2D eigenvalue weighted by molar-refractivity contribution is 0.0695. The molecule has 0 amide bonds. The number of carbonyl (C=O) groups is 1. The van der Waals surface area contributed by atoms with E-state index in [4.69, 9.17) is 5.11 Å². The van der Waals surface area contributed by atoms with E-state index >= 15 is 0 Å². The van der Waals surface area contributed by atoms with Crippen molar-refractivity contribution in [2.45, 2.75) is 27.2 Å². The number of aromatic nitrogens is 2. The molecule has 0 saturated carbocycles. The summed E-state index contributed by atoms with van der Waals surface area (Å²) >= 11 is 0. The van der Waals surface area contributed by atoms with Crippen molar-refractivity contribution in [3.8, 4) is 5.69 Å². The molecule has 1 heterocycles. The van der Waals surface area contributed by atoms with Crippen LogP contribution in [0.3, 0.4) is 0 Å². The van der Waals surface area contributed by atoms with E-state index in [-0.39, 0.29) is 5.56 Å². The molecule has 0 fully saturated rings. The number of carboxylic acid groups (broad SMARTS) is 1. The Balaban J connectivity index is 2.65. The van der Waals surface area contributed by atoms with Gasteiger partial charge in [-0.2, -0.15) is 5.10 Å². The first kappa shape index (κ1) is 12.4. The van der Waals surface area contributed by atoms with Crippen LogP contribution in [0.4, 0.5) is 0 Å². The van der Waals surface area contributed by atoms with E-state index in [0.717, 1.165) is 16.9 Å². The highest BCUT2D eigenvalue weighted by molar-refractivity contribution is 5.88. The number of aryl methyl sites for hydroxylation is 1. The molecule has 0 atom stereocenters. The van der Waals surface area contributed by atoms with E-state index in [1.165, 1.54) is 11.8 Å². The summed E-state index contributed by atoms with van der Waals surface area (Å²) in [7, 11) is 0. The Morgan fingerprint density at radius 2 is 2.11 bits per heavy atom. The molecule has 2 aromatic rings. The molecule has 2 rings (SSSR count). The molecule has 0 aliphatic rings. The van der Waals surface area contributed by atoms with Crippen molar-refractivity contribution in [2.24, 2.45) is 0 Å². The Labute approximate surface area is 106 Å². The minimum Gasteiger partial charge on any atom is -0.478 e. The van der Waals surface area contributed by atoms with Gasteiger partial charge in [-0.05, 0) is 37.5 Å². The third-order valence-corrected chi connectivity index (χ3v) is 3.24. The number of benzene rings is 1. The Bertz CT molecular complexity index is 600. The van der Waals surface area contributed by atoms with E-state index in [1.807, 2.05) is 39.0 Å². The SMILES string of the molecule is CCc1c(C(=O)O)cnn1-c1cccc(C)c1C. The maximum atomic E-state index is 11.1. The first-order chi connectivity index (χ1) is 8.56. The second kappa shape index (κ2) is 4.64. The van der Waals surface area contributed by atoms with E-state index in [9.17, 15) is 4.79 Å². The van der Waals surface area contributed by atoms with E-state index in [2.05, 4.69) is 5.10 Å². The van der Waals surface area contributed by atoms with E-state index in [0.29, 0.717) is 6.42 Å². The fraction of sp³-hybridized carbons (Fsp3) is 0.286. The first-order valence-electron chi connectivity index (χ1n) is 5.93. The van der Waals surface area contributed by atoms with Gasteiger partial charge in [0.25, 0.3) is 0 Å². The zero-order chi connectivity index (χ0) is 13.3. The summed E-state index contributed by atoms with van der Waals surface area (Å²) in [5, 5.41) is 13.3. The van der Waals surface area contributed by atoms with Gasteiger partial charge < -0.3 is 5.11 Å². The molecule has 18 heavy (non-hydrogen) atoms. The third kappa shape index (κ3) is 1.90. The van der Waals surface area contributed by atoms with Crippen LogP contribution < -0.4 is 0 Å². The van der Waals surface area contributed by atoms with Gasteiger partial charge in [0.15, 0.2) is 0 Å². The van der Waals surface area contributed by atoms with Crippen molar-refractivity contribution >= 4 is 5.97 Å². The fourth-order valence-electron chi connectivity index (χ4n) is 2.07. The van der Waals surface area contributed by atoms with Crippen molar-refractivity contribution in [2.75, 3.05) is 0 Å². The molecule has 1 aromatic carbocycles. The molecule has 0 radical (unpaired) electrons. The second-order valence-corrected chi connectivity index (χ2v) is 4.29. The third-order valence-electron chi connectivity index (χ3n) is 3.24. The maximum absolute atomic E-state index is 11.1. The highest BCUT2D eigenvalue weighted by Crippen LogP contribution is 2.21. The topological polar surface area (TPSA) is 55.1 Å². The van der Waals surface area contributed by atoms with Gasteiger partial charge in [0, 0.05) is 0 Å². The van der Waals surface area contributed by atoms with Crippen molar-refractivity contribution in [3.05, 3.63) is 46.8 Å². The predicted octanol–water partition coefficient (Wildman–Crippen LogP) is 2.75. The molecule has 4 nitrogen and oxygen atoms in total. The molecular formula is C14H16N2O2. The monoisotopic (exact) mass is 244 g/mol. The van der Waals surface area contributed by atoms with E-state index in [1.54, 1.807) is 4.68 Å². The second-order valence-electron chi connectivity index (χ2n) is 4.29. The highest BCUT2D eigenvalue weighted by Gasteiger charge is 2.17. The molecule has 0 bridgehead atoms. The lowest BCUT2D eigenvalue weighted by Gasteiger charge is -2.11. The fourth-order valence-corrected chi connectivity index (χ4v) is 2.07. The normalized spacial score (nSPS) is 10.6. The Morgan fingerprint density at radius 3 is 2.72 bits per heavy atom. The van der Waals surface area contributed by atoms with Crippen LogP contribution in [0.25, 0.3) is 5.69 Å². The summed E-state index contributed by atoms with van der Waals surface area (Å²) in [5.74, 6) is -0.927. The van der Waals surface area contributed by atoms with Gasteiger partial charge >= 0.3 is 5.97 Å². The lowest BCUT2D eigenvalue weighted by atomic mass is 10.1. The number of carboxylic acids is 1. The van der Waals surface area contributed by atoms with Crippen LogP contribution in [0, 0.1) is 13.8 Å². The van der Waals surface area contributed by atoms with Crippen molar-refractivity contribution in [1.82, 2.24) is 9.78 Å². The minimum atomic E-state index is -0.927. The predicted molar refractivity (Wildman–Crippen MR) is 69.4 cm³/mol. The maximum Gasteiger partial charge on any atom is 0.339 e. The molecule has 0 unspecified atom stereocenters. The summed E-state index contributed by atoms with van der Waals surface area (Å²) in [6, 6.07) is 5.95. The highest BCUT2D eigenvalue weighted by atomic mass is 16.4. The average molecular weight is 244 g/mol. The molecule has 0 spiro atoms. The minimum absolute atomic E-state index is 0.276. The zero-order valence-electron chi connectivity index (χ0n) is 10.8. The number of nitrogens with zero attached hydrogens (tertiary/aromatic N) is 2. The lowest BCUT2D eigenvalue weighted by Crippen LogP contribution is -2.07. The van der Waals surface area contributed by atoms with Gasteiger partial charge in [0.2, 0.25) is 0 Å². The van der Waals surface area contributed by atoms with Crippen LogP contribution in [0.5, 0.6) is 0 Å². The van der Waals surface area contributed by atoms with Crippen LogP contribution >= 0.6 is 0 Å². The van der Waals surface area contributed by atoms with Crippen LogP contribution in [0.2, 0.25) is 0 Å². The Morgan fingerprint density at radius 1 is 1.39 bits per heavy atom. The number of hydrogen-bond acceptors (Lipinski definition) is 2. The molecular weight excluding hydrogens is 228 g/mol. The van der Waals surface area contributed by atoms with Gasteiger partial charge in [-0.3, -0.25) is 0 Å². The Kier molecular flexibility index (Phi) is 3.19. The number of rotatable bonds is 3. The molecule has 0 aliphatic heterocycles. The van der Waals surface area contributed by atoms with Crippen LogP contribution in [0.1, 0.15) is 34.1 Å². The smallest absolute Gasteiger partial charge is 0.339 e. The zero-order valence-corrected chi connectivity index (χ0v) is 10.8. The van der Waals surface area contributed by atoms with Crippen LogP contribution in [0.15, 0.2) is 24.4 Å². The van der Waals surface area contributed by atoms with Crippen molar-refractivity contribution < 1.29 is 9.90 Å². The van der Waals surface area contributed by atoms with Gasteiger partial charge in [0.05, 0.1) is 17.6 Å². The van der Waals surface area contributed by atoms with Crippen LogP contribution in [-0.4, -0.2) is 20.9 Å². The molecule has 4 heteroatoms. The summed E-state index contributed by atoms with van der Waals surface area (Å²) in [6.07, 6.45) is 2.05. The van der Waals surface area contributed by atoms with Crippen molar-refractivity contribution in [1.29, 1.82) is 0 Å². The molecule has 94 valence electrons. The van der Waals surface area contributed by atoms with Gasteiger partial charge in [-0.25, -0.2) is 9.48 Å². The largest absolute Gasteiger partial charge is 0.478 e. The summed E-state index contributed by atoms with van der Waals surface area (Å²) in [4.78, 5) is 11.1. The summed E-state index contributed by atoms with van der Waals surface area (Å²) in [6.45, 7) is 5.99. The van der Waals surface area contributed by atoms with E-state index < -0.39 is 5.97 Å². The summed E-state index contributed by atoms with van der Waals surface area (Å²) in [5.41, 5.74) is 4.24. The Hall–Kier alpha value is -2.10. The number of hydrogen-bond donors (Lipinski definition) is 1. The van der Waals surface area contributed by atoms with Gasteiger partial charge in [0.1, 0.15) is 5.56 Å².